The molecule has 0 aliphatic carbocycles. The van der Waals surface area contributed by atoms with Crippen LogP contribution in [0.3, 0.4) is 0 Å². The molecule has 2 aromatic heterocycles. The quantitative estimate of drug-likeness (QED) is 0.850. The van der Waals surface area contributed by atoms with Crippen molar-refractivity contribution in [1.82, 2.24) is 15.3 Å². The molecule has 2 rings (SSSR count). The number of hydrogen-bond donors (Lipinski definition) is 2. The van der Waals surface area contributed by atoms with E-state index in [4.69, 9.17) is 0 Å². The van der Waals surface area contributed by atoms with Gasteiger partial charge in [-0.1, -0.05) is 19.9 Å². The second-order valence-electron chi connectivity index (χ2n) is 4.87. The van der Waals surface area contributed by atoms with Gasteiger partial charge in [-0.25, -0.2) is 9.97 Å². The van der Waals surface area contributed by atoms with Gasteiger partial charge in [-0.05, 0) is 24.6 Å². The number of thiazole rings is 1. The lowest BCUT2D eigenvalue weighted by molar-refractivity contribution is 0.597. The van der Waals surface area contributed by atoms with Crippen molar-refractivity contribution in [2.24, 2.45) is 0 Å². The summed E-state index contributed by atoms with van der Waals surface area (Å²) in [5, 5.41) is 5.19. The molecule has 0 saturated heterocycles. The molecular weight excluding hydrogens is 308 g/mol. The van der Waals surface area contributed by atoms with Gasteiger partial charge in [0.1, 0.15) is 0 Å². The number of pyridine rings is 1. The molecular formula is C13H18N4O2S2. The van der Waals surface area contributed by atoms with Gasteiger partial charge >= 0.3 is 0 Å². The normalized spacial score (nSPS) is 11.8. The Morgan fingerprint density at radius 2 is 2.10 bits per heavy atom. The molecule has 0 atom stereocenters. The second kappa shape index (κ2) is 6.50. The van der Waals surface area contributed by atoms with E-state index in [9.17, 15) is 8.42 Å². The van der Waals surface area contributed by atoms with Crippen molar-refractivity contribution < 1.29 is 8.42 Å². The number of rotatable bonds is 6. The Balaban J connectivity index is 2.17. The zero-order valence-electron chi connectivity index (χ0n) is 12.1. The fourth-order valence-electron chi connectivity index (χ4n) is 1.64. The van der Waals surface area contributed by atoms with Crippen LogP contribution in [0.15, 0.2) is 28.7 Å². The molecule has 0 fully saturated rings. The van der Waals surface area contributed by atoms with Gasteiger partial charge in [-0.15, -0.1) is 11.3 Å². The average molecular weight is 326 g/mol. The molecule has 0 bridgehead atoms. The molecule has 0 radical (unpaired) electrons. The number of hydrogen-bond acceptors (Lipinski definition) is 6. The number of sulfonamides is 1. The molecule has 21 heavy (non-hydrogen) atoms. The minimum absolute atomic E-state index is 0.0105. The van der Waals surface area contributed by atoms with Crippen molar-refractivity contribution in [3.63, 3.8) is 0 Å². The van der Waals surface area contributed by atoms with Crippen LogP contribution in [0.5, 0.6) is 0 Å². The molecule has 0 aromatic carbocycles. The number of nitrogens with one attached hydrogen (secondary N) is 2. The van der Waals surface area contributed by atoms with Crippen LogP contribution >= 0.6 is 11.3 Å². The van der Waals surface area contributed by atoms with Gasteiger partial charge in [0.15, 0.2) is 10.2 Å². The Kier molecular flexibility index (Phi) is 4.92. The van der Waals surface area contributed by atoms with Gasteiger partial charge in [0, 0.05) is 18.1 Å². The van der Waals surface area contributed by atoms with Crippen molar-refractivity contribution >= 4 is 26.5 Å². The van der Waals surface area contributed by atoms with E-state index in [2.05, 4.69) is 20.0 Å². The third-order valence-corrected chi connectivity index (χ3v) is 4.95. The maximum Gasteiger partial charge on any atom is 0.281 e. The molecule has 0 saturated carbocycles. The molecule has 2 N–H and O–H groups in total. The van der Waals surface area contributed by atoms with Crippen molar-refractivity contribution in [3.8, 4) is 0 Å². The van der Waals surface area contributed by atoms with Crippen LogP contribution in [0.2, 0.25) is 0 Å². The largest absolute Gasteiger partial charge is 0.316 e. The van der Waals surface area contributed by atoms with Crippen molar-refractivity contribution in [3.05, 3.63) is 35.0 Å². The molecule has 2 aromatic rings. The lowest BCUT2D eigenvalue weighted by Crippen LogP contribution is -2.15. The van der Waals surface area contributed by atoms with Crippen LogP contribution in [0.25, 0.3) is 0 Å². The summed E-state index contributed by atoms with van der Waals surface area (Å²) in [5.74, 6) is 0.262. The van der Waals surface area contributed by atoms with Crippen LogP contribution < -0.4 is 10.0 Å². The van der Waals surface area contributed by atoms with Crippen LogP contribution in [0.1, 0.15) is 31.0 Å². The van der Waals surface area contributed by atoms with Gasteiger partial charge in [0.05, 0.1) is 5.69 Å². The monoisotopic (exact) mass is 326 g/mol. The third-order valence-electron chi connectivity index (χ3n) is 2.79. The van der Waals surface area contributed by atoms with Crippen molar-refractivity contribution in [2.75, 3.05) is 11.8 Å². The summed E-state index contributed by atoms with van der Waals surface area (Å²) in [7, 11) is -1.87. The smallest absolute Gasteiger partial charge is 0.281 e. The summed E-state index contributed by atoms with van der Waals surface area (Å²) in [6.07, 6.45) is 1.55. The Hall–Kier alpha value is -1.51. The minimum Gasteiger partial charge on any atom is -0.316 e. The fourth-order valence-corrected chi connectivity index (χ4v) is 3.70. The molecule has 2 heterocycles. The molecule has 114 valence electrons. The summed E-state index contributed by atoms with van der Waals surface area (Å²) in [5.41, 5.74) is 1.79. The van der Waals surface area contributed by atoms with E-state index in [-0.39, 0.29) is 10.9 Å². The van der Waals surface area contributed by atoms with Gasteiger partial charge in [-0.3, -0.25) is 4.72 Å². The second-order valence-corrected chi connectivity index (χ2v) is 7.36. The Bertz CT molecular complexity index is 693. The van der Waals surface area contributed by atoms with E-state index in [1.54, 1.807) is 12.3 Å². The summed E-state index contributed by atoms with van der Waals surface area (Å²) < 4.78 is 26.9. The molecule has 0 aliphatic rings. The Labute approximate surface area is 128 Å². The van der Waals surface area contributed by atoms with Crippen molar-refractivity contribution in [1.29, 1.82) is 0 Å². The molecule has 0 aliphatic heterocycles. The maximum atomic E-state index is 12.2. The Morgan fingerprint density at radius 3 is 2.62 bits per heavy atom. The standard InChI is InChI=1S/C13H18N4O2S2/c1-9(2)11-8-20-13(16-11)17-21(18,19)12-5-4-10(6-14-3)7-15-12/h4-5,7-9,14H,6H2,1-3H3,(H,16,17). The highest BCUT2D eigenvalue weighted by Crippen LogP contribution is 2.23. The van der Waals surface area contributed by atoms with E-state index in [0.717, 1.165) is 11.3 Å². The highest BCUT2D eigenvalue weighted by molar-refractivity contribution is 7.92. The zero-order valence-corrected chi connectivity index (χ0v) is 13.8. The first-order valence-electron chi connectivity index (χ1n) is 6.50. The molecule has 6 nitrogen and oxygen atoms in total. The SMILES string of the molecule is CNCc1ccc(S(=O)(=O)Nc2nc(C(C)C)cs2)nc1. The minimum atomic E-state index is -3.69. The molecule has 0 spiro atoms. The topological polar surface area (TPSA) is 84.0 Å². The first-order chi connectivity index (χ1) is 9.92. The van der Waals surface area contributed by atoms with Crippen LogP contribution in [-0.2, 0) is 16.6 Å². The highest BCUT2D eigenvalue weighted by Gasteiger charge is 2.18. The number of nitrogens with zero attached hydrogens (tertiary/aromatic N) is 2. The van der Waals surface area contributed by atoms with E-state index in [1.165, 1.54) is 17.4 Å². The first kappa shape index (κ1) is 15.9. The van der Waals surface area contributed by atoms with Crippen LogP contribution in [0.4, 0.5) is 5.13 Å². The predicted molar refractivity (Wildman–Crippen MR) is 84.0 cm³/mol. The molecule has 0 unspecified atom stereocenters. The summed E-state index contributed by atoms with van der Waals surface area (Å²) in [6, 6.07) is 3.23. The summed E-state index contributed by atoms with van der Waals surface area (Å²) in [4.78, 5) is 8.25. The molecule has 8 heteroatoms. The van der Waals surface area contributed by atoms with Gasteiger partial charge in [0.2, 0.25) is 0 Å². The van der Waals surface area contributed by atoms with Crippen molar-refractivity contribution in [2.45, 2.75) is 31.3 Å². The summed E-state index contributed by atoms with van der Waals surface area (Å²) >= 11 is 1.27. The van der Waals surface area contributed by atoms with Gasteiger partial charge in [0.25, 0.3) is 10.0 Å². The van der Waals surface area contributed by atoms with E-state index in [1.807, 2.05) is 26.3 Å². The van der Waals surface area contributed by atoms with E-state index in [0.29, 0.717) is 11.7 Å². The fraction of sp³-hybridized carbons (Fsp3) is 0.385. The van der Waals surface area contributed by atoms with E-state index >= 15 is 0 Å². The zero-order chi connectivity index (χ0) is 15.5. The van der Waals surface area contributed by atoms with Gasteiger partial charge in [-0.2, -0.15) is 8.42 Å². The average Bonchev–Trinajstić information content (AvgIpc) is 2.88. The predicted octanol–water partition coefficient (Wildman–Crippen LogP) is 2.18. The Morgan fingerprint density at radius 1 is 1.33 bits per heavy atom. The third kappa shape index (κ3) is 3.99. The first-order valence-corrected chi connectivity index (χ1v) is 8.86. The maximum absolute atomic E-state index is 12.2. The highest BCUT2D eigenvalue weighted by atomic mass is 32.2. The van der Waals surface area contributed by atoms with Crippen LogP contribution in [-0.4, -0.2) is 25.4 Å². The lowest BCUT2D eigenvalue weighted by Gasteiger charge is -2.05. The molecule has 0 amide bonds. The summed E-state index contributed by atoms with van der Waals surface area (Å²) in [6.45, 7) is 4.66. The van der Waals surface area contributed by atoms with Gasteiger partial charge < -0.3 is 5.32 Å². The number of anilines is 1. The van der Waals surface area contributed by atoms with Crippen LogP contribution in [0, 0.1) is 0 Å². The van der Waals surface area contributed by atoms with E-state index < -0.39 is 10.0 Å². The number of aromatic nitrogens is 2. The lowest BCUT2D eigenvalue weighted by atomic mass is 10.2.